The lowest BCUT2D eigenvalue weighted by molar-refractivity contribution is -0.274. The van der Waals surface area contributed by atoms with E-state index in [9.17, 15) is 13.2 Å². The largest absolute Gasteiger partial charge is 0.573 e. The summed E-state index contributed by atoms with van der Waals surface area (Å²) in [6, 6.07) is 7.35. The highest BCUT2D eigenvalue weighted by Gasteiger charge is 2.32. The van der Waals surface area contributed by atoms with Gasteiger partial charge in [0.15, 0.2) is 0 Å². The number of hydrogen-bond acceptors (Lipinski definition) is 2. The van der Waals surface area contributed by atoms with E-state index >= 15 is 0 Å². The van der Waals surface area contributed by atoms with E-state index in [4.69, 9.17) is 4.42 Å². The summed E-state index contributed by atoms with van der Waals surface area (Å²) in [5, 5.41) is 0. The average Bonchev–Trinajstić information content (AvgIpc) is 2.71. The SMILES string of the molecule is FC(F)(F)Oc1ccc(Br)cc1-c1ccco1. The molecule has 0 saturated carbocycles. The molecule has 1 aromatic carbocycles. The fourth-order valence-corrected chi connectivity index (χ4v) is 1.70. The van der Waals surface area contributed by atoms with Crippen LogP contribution in [-0.2, 0) is 0 Å². The molecule has 0 atom stereocenters. The quantitative estimate of drug-likeness (QED) is 0.808. The fraction of sp³-hybridized carbons (Fsp3) is 0.0909. The van der Waals surface area contributed by atoms with Crippen molar-refractivity contribution in [1.29, 1.82) is 0 Å². The Morgan fingerprint density at radius 1 is 1.18 bits per heavy atom. The molecule has 0 radical (unpaired) electrons. The van der Waals surface area contributed by atoms with Crippen molar-refractivity contribution in [2.75, 3.05) is 0 Å². The number of halogens is 4. The zero-order valence-electron chi connectivity index (χ0n) is 8.29. The molecule has 0 N–H and O–H groups in total. The van der Waals surface area contributed by atoms with E-state index in [1.54, 1.807) is 12.1 Å². The van der Waals surface area contributed by atoms with Crippen molar-refractivity contribution in [2.24, 2.45) is 0 Å². The van der Waals surface area contributed by atoms with Crippen molar-refractivity contribution < 1.29 is 22.3 Å². The highest BCUT2D eigenvalue weighted by atomic mass is 79.9. The maximum atomic E-state index is 12.2. The second-order valence-corrected chi connectivity index (χ2v) is 4.08. The highest BCUT2D eigenvalue weighted by Crippen LogP contribution is 2.35. The molecule has 6 heteroatoms. The minimum atomic E-state index is -4.73. The van der Waals surface area contributed by atoms with Crippen molar-refractivity contribution in [3.63, 3.8) is 0 Å². The molecule has 0 amide bonds. The van der Waals surface area contributed by atoms with Gasteiger partial charge in [-0.15, -0.1) is 13.2 Å². The van der Waals surface area contributed by atoms with Crippen LogP contribution in [0.1, 0.15) is 0 Å². The van der Waals surface area contributed by atoms with E-state index in [0.717, 1.165) is 0 Å². The normalized spacial score (nSPS) is 11.5. The second kappa shape index (κ2) is 4.44. The first-order valence-corrected chi connectivity index (χ1v) is 5.34. The van der Waals surface area contributed by atoms with Crippen LogP contribution in [0, 0.1) is 0 Å². The molecule has 1 aromatic heterocycles. The Kier molecular flexibility index (Phi) is 3.15. The minimum absolute atomic E-state index is 0.238. The monoisotopic (exact) mass is 306 g/mol. The van der Waals surface area contributed by atoms with E-state index in [1.165, 1.54) is 24.5 Å². The van der Waals surface area contributed by atoms with Gasteiger partial charge in [0, 0.05) is 4.47 Å². The Morgan fingerprint density at radius 3 is 2.53 bits per heavy atom. The Labute approximate surface area is 103 Å². The van der Waals surface area contributed by atoms with Gasteiger partial charge < -0.3 is 9.15 Å². The van der Waals surface area contributed by atoms with Crippen LogP contribution in [0.15, 0.2) is 45.5 Å². The van der Waals surface area contributed by atoms with Gasteiger partial charge in [0.1, 0.15) is 11.5 Å². The van der Waals surface area contributed by atoms with Gasteiger partial charge in [-0.1, -0.05) is 15.9 Å². The van der Waals surface area contributed by atoms with E-state index in [2.05, 4.69) is 20.7 Å². The molecular formula is C11H6BrF3O2. The third-order valence-corrected chi connectivity index (χ3v) is 2.45. The lowest BCUT2D eigenvalue weighted by Crippen LogP contribution is -2.17. The van der Waals surface area contributed by atoms with Gasteiger partial charge in [-0.2, -0.15) is 0 Å². The summed E-state index contributed by atoms with van der Waals surface area (Å²) in [6.45, 7) is 0. The fourth-order valence-electron chi connectivity index (χ4n) is 1.34. The number of furan rings is 1. The lowest BCUT2D eigenvalue weighted by Gasteiger charge is -2.12. The maximum absolute atomic E-state index is 12.2. The Balaban J connectivity index is 2.45. The second-order valence-electron chi connectivity index (χ2n) is 3.17. The first-order chi connectivity index (χ1) is 7.96. The van der Waals surface area contributed by atoms with E-state index in [-0.39, 0.29) is 11.3 Å². The van der Waals surface area contributed by atoms with Crippen molar-refractivity contribution >= 4 is 15.9 Å². The van der Waals surface area contributed by atoms with Gasteiger partial charge >= 0.3 is 6.36 Å². The first-order valence-electron chi connectivity index (χ1n) is 4.55. The Bertz CT molecular complexity index is 506. The highest BCUT2D eigenvalue weighted by molar-refractivity contribution is 9.10. The third kappa shape index (κ3) is 3.03. The summed E-state index contributed by atoms with van der Waals surface area (Å²) in [6.07, 6.45) is -3.34. The van der Waals surface area contributed by atoms with Crippen LogP contribution in [0.25, 0.3) is 11.3 Å². The van der Waals surface area contributed by atoms with Crippen LogP contribution in [0.3, 0.4) is 0 Å². The number of alkyl halides is 3. The molecule has 0 unspecified atom stereocenters. The molecule has 1 heterocycles. The van der Waals surface area contributed by atoms with Gasteiger partial charge in [0.05, 0.1) is 11.8 Å². The topological polar surface area (TPSA) is 22.4 Å². The molecule has 90 valence electrons. The number of ether oxygens (including phenoxy) is 1. The van der Waals surface area contributed by atoms with Gasteiger partial charge in [0.25, 0.3) is 0 Å². The summed E-state index contributed by atoms with van der Waals surface area (Å²) < 4.78 is 46.2. The average molecular weight is 307 g/mol. The summed E-state index contributed by atoms with van der Waals surface area (Å²) >= 11 is 3.18. The van der Waals surface area contributed by atoms with Crippen molar-refractivity contribution in [3.05, 3.63) is 41.1 Å². The van der Waals surface area contributed by atoms with Gasteiger partial charge in [-0.25, -0.2) is 0 Å². The van der Waals surface area contributed by atoms with Crippen molar-refractivity contribution in [2.45, 2.75) is 6.36 Å². The predicted molar refractivity (Wildman–Crippen MR) is 58.5 cm³/mol. The van der Waals surface area contributed by atoms with Crippen LogP contribution >= 0.6 is 15.9 Å². The first kappa shape index (κ1) is 12.0. The molecule has 0 saturated heterocycles. The molecule has 0 aliphatic rings. The zero-order valence-corrected chi connectivity index (χ0v) is 9.88. The maximum Gasteiger partial charge on any atom is 0.573 e. The van der Waals surface area contributed by atoms with Crippen molar-refractivity contribution in [1.82, 2.24) is 0 Å². The van der Waals surface area contributed by atoms with Crippen LogP contribution in [0.2, 0.25) is 0 Å². The Hall–Kier alpha value is -1.43. The lowest BCUT2D eigenvalue weighted by atomic mass is 10.1. The molecule has 0 bridgehead atoms. The standard InChI is InChI=1S/C11H6BrF3O2/c12-7-3-4-10(17-11(13,14)15)8(6-7)9-2-1-5-16-9/h1-6H. The smallest absolute Gasteiger partial charge is 0.464 e. The molecule has 17 heavy (non-hydrogen) atoms. The molecule has 0 aliphatic carbocycles. The Morgan fingerprint density at radius 2 is 1.94 bits per heavy atom. The summed E-state index contributed by atoms with van der Waals surface area (Å²) in [5.41, 5.74) is 0.238. The van der Waals surface area contributed by atoms with Crippen LogP contribution < -0.4 is 4.74 Å². The molecular weight excluding hydrogens is 301 g/mol. The minimum Gasteiger partial charge on any atom is -0.464 e. The predicted octanol–water partition coefficient (Wildman–Crippen LogP) is 4.61. The zero-order chi connectivity index (χ0) is 12.5. The number of hydrogen-bond donors (Lipinski definition) is 0. The molecule has 0 spiro atoms. The van der Waals surface area contributed by atoms with E-state index in [0.29, 0.717) is 10.2 Å². The van der Waals surface area contributed by atoms with Crippen LogP contribution in [0.4, 0.5) is 13.2 Å². The molecule has 2 nitrogen and oxygen atoms in total. The van der Waals surface area contributed by atoms with E-state index in [1.807, 2.05) is 0 Å². The summed E-state index contributed by atoms with van der Waals surface area (Å²) in [7, 11) is 0. The summed E-state index contributed by atoms with van der Waals surface area (Å²) in [4.78, 5) is 0. The van der Waals surface area contributed by atoms with Gasteiger partial charge in [-0.05, 0) is 30.3 Å². The molecule has 0 fully saturated rings. The number of rotatable bonds is 2. The summed E-state index contributed by atoms with van der Waals surface area (Å²) in [5.74, 6) is 0.0150. The van der Waals surface area contributed by atoms with Gasteiger partial charge in [0.2, 0.25) is 0 Å². The van der Waals surface area contributed by atoms with Crippen LogP contribution in [-0.4, -0.2) is 6.36 Å². The number of benzene rings is 1. The molecule has 2 aromatic rings. The third-order valence-electron chi connectivity index (χ3n) is 1.95. The molecule has 0 aliphatic heterocycles. The van der Waals surface area contributed by atoms with Gasteiger partial charge in [-0.3, -0.25) is 0 Å². The van der Waals surface area contributed by atoms with E-state index < -0.39 is 6.36 Å². The van der Waals surface area contributed by atoms with Crippen LogP contribution in [0.5, 0.6) is 5.75 Å². The van der Waals surface area contributed by atoms with Crippen molar-refractivity contribution in [3.8, 4) is 17.1 Å². The molecule has 2 rings (SSSR count).